The number of halogens is 4. The van der Waals surface area contributed by atoms with Crippen LogP contribution in [0.4, 0.5) is 19.0 Å². The molecule has 38 heavy (non-hydrogen) atoms. The summed E-state index contributed by atoms with van der Waals surface area (Å²) in [6.07, 6.45) is -2.56. The molecule has 1 aromatic carbocycles. The molecule has 200 valence electrons. The zero-order chi connectivity index (χ0) is 27.5. The molecule has 0 aliphatic heterocycles. The molecule has 1 aliphatic rings. The molecule has 0 saturated heterocycles. The Bertz CT molecular complexity index is 1640. The molecule has 0 bridgehead atoms. The fourth-order valence-electron chi connectivity index (χ4n) is 4.03. The van der Waals surface area contributed by atoms with E-state index in [0.29, 0.717) is 40.3 Å². The van der Waals surface area contributed by atoms with Gasteiger partial charge in [-0.3, -0.25) is 4.98 Å². The predicted octanol–water partition coefficient (Wildman–Crippen LogP) is 5.53. The smallest absolute Gasteiger partial charge is 0.384 e. The number of hydrogen-bond acceptors (Lipinski definition) is 7. The number of aliphatic hydroxyl groups is 1. The minimum absolute atomic E-state index is 0.166. The van der Waals surface area contributed by atoms with Crippen LogP contribution in [0.2, 0.25) is 5.02 Å². The highest BCUT2D eigenvalue weighted by atomic mass is 35.5. The number of fused-ring (bicyclic) bond motifs is 1. The largest absolute Gasteiger partial charge is 0.421 e. The molecule has 0 spiro atoms. The van der Waals surface area contributed by atoms with Crippen molar-refractivity contribution in [2.45, 2.75) is 42.8 Å². The highest BCUT2D eigenvalue weighted by Gasteiger charge is 2.51. The average molecular weight is 583 g/mol. The maximum atomic E-state index is 13.5. The van der Waals surface area contributed by atoms with Crippen LogP contribution in [0, 0.1) is 0 Å². The number of benzene rings is 1. The van der Waals surface area contributed by atoms with Crippen LogP contribution >= 0.6 is 22.9 Å². The molecule has 7 nitrogen and oxygen atoms in total. The maximum absolute atomic E-state index is 13.5. The summed E-state index contributed by atoms with van der Waals surface area (Å²) in [6.45, 7) is 0.689. The summed E-state index contributed by atoms with van der Waals surface area (Å²) in [5.74, 6) is 0.166. The van der Waals surface area contributed by atoms with E-state index in [2.05, 4.69) is 14.7 Å². The number of anilines is 1. The third kappa shape index (κ3) is 4.98. The second-order valence-electron chi connectivity index (χ2n) is 9.27. The highest BCUT2D eigenvalue weighted by Crippen LogP contribution is 2.43. The van der Waals surface area contributed by atoms with Gasteiger partial charge in [0.15, 0.2) is 5.60 Å². The van der Waals surface area contributed by atoms with Crippen LogP contribution in [0.25, 0.3) is 21.3 Å². The minimum Gasteiger partial charge on any atom is -0.384 e. The predicted molar refractivity (Wildman–Crippen MR) is 141 cm³/mol. The van der Waals surface area contributed by atoms with E-state index in [9.17, 15) is 26.7 Å². The number of sulfonamides is 1. The lowest BCUT2D eigenvalue weighted by Crippen LogP contribution is -2.39. The van der Waals surface area contributed by atoms with Gasteiger partial charge in [0, 0.05) is 21.3 Å². The molecule has 0 amide bonds. The summed E-state index contributed by atoms with van der Waals surface area (Å²) in [4.78, 5) is 9.12. The molecule has 1 saturated carbocycles. The van der Waals surface area contributed by atoms with Gasteiger partial charge in [-0.2, -0.15) is 13.2 Å². The summed E-state index contributed by atoms with van der Waals surface area (Å²) in [7, 11) is -3.68. The number of rotatable bonds is 7. The van der Waals surface area contributed by atoms with Crippen LogP contribution in [0.15, 0.2) is 54.7 Å². The molecular weight excluding hydrogens is 561 g/mol. The van der Waals surface area contributed by atoms with Gasteiger partial charge in [-0.25, -0.2) is 18.1 Å². The quantitative estimate of drug-likeness (QED) is 0.263. The van der Waals surface area contributed by atoms with E-state index in [4.69, 9.17) is 17.3 Å². The second-order valence-corrected chi connectivity index (χ2v) is 12.8. The number of aromatic nitrogens is 2. The van der Waals surface area contributed by atoms with Crippen LogP contribution in [0.3, 0.4) is 0 Å². The zero-order valence-corrected chi connectivity index (χ0v) is 22.2. The second kappa shape index (κ2) is 9.45. The van der Waals surface area contributed by atoms with Crippen molar-refractivity contribution in [3.8, 4) is 11.3 Å². The number of pyridine rings is 2. The van der Waals surface area contributed by atoms with Crippen molar-refractivity contribution in [3.05, 3.63) is 75.9 Å². The number of nitrogens with one attached hydrogen (secondary N) is 1. The van der Waals surface area contributed by atoms with E-state index in [0.717, 1.165) is 6.07 Å². The number of nitrogens with zero attached hydrogens (tertiary/aromatic N) is 2. The van der Waals surface area contributed by atoms with Crippen molar-refractivity contribution in [1.29, 1.82) is 0 Å². The van der Waals surface area contributed by atoms with Crippen molar-refractivity contribution in [2.75, 3.05) is 5.73 Å². The van der Waals surface area contributed by atoms with Crippen molar-refractivity contribution < 1.29 is 26.7 Å². The van der Waals surface area contributed by atoms with Gasteiger partial charge in [0.2, 0.25) is 10.0 Å². The molecule has 1 aliphatic carbocycles. The maximum Gasteiger partial charge on any atom is 0.421 e. The lowest BCUT2D eigenvalue weighted by atomic mass is 9.94. The summed E-state index contributed by atoms with van der Waals surface area (Å²) >= 11 is 7.65. The molecule has 3 heterocycles. The first-order chi connectivity index (χ1) is 17.8. The molecule has 4 N–H and O–H groups in total. The van der Waals surface area contributed by atoms with E-state index < -0.39 is 33.1 Å². The van der Waals surface area contributed by atoms with Gasteiger partial charge < -0.3 is 10.8 Å². The SMILES string of the molecule is C[C@@](O)(c1ccnc(-c2cccc3cc(C(NS(=O)(=O)C4CC4)c4nc(N)ccc4Cl)sc23)c1)C(F)(F)F. The Balaban J connectivity index is 1.63. The van der Waals surface area contributed by atoms with Gasteiger partial charge in [0.05, 0.1) is 27.7 Å². The van der Waals surface area contributed by atoms with E-state index in [1.807, 2.05) is 0 Å². The molecule has 5 rings (SSSR count). The van der Waals surface area contributed by atoms with E-state index in [1.165, 1.54) is 29.7 Å². The van der Waals surface area contributed by atoms with Gasteiger partial charge in [0.1, 0.15) is 5.82 Å². The first-order valence-electron chi connectivity index (χ1n) is 11.5. The lowest BCUT2D eigenvalue weighted by molar-refractivity contribution is -0.258. The van der Waals surface area contributed by atoms with Crippen LogP contribution in [-0.2, 0) is 15.6 Å². The van der Waals surface area contributed by atoms with E-state index in [-0.39, 0.29) is 27.8 Å². The number of hydrogen-bond donors (Lipinski definition) is 3. The average Bonchev–Trinajstić information content (AvgIpc) is 3.63. The lowest BCUT2D eigenvalue weighted by Gasteiger charge is -2.26. The number of nitrogens with two attached hydrogens (primary N) is 1. The minimum atomic E-state index is -4.89. The Morgan fingerprint density at radius 2 is 1.92 bits per heavy atom. The van der Waals surface area contributed by atoms with Crippen LogP contribution in [0.5, 0.6) is 0 Å². The Morgan fingerprint density at radius 1 is 1.18 bits per heavy atom. The molecule has 1 fully saturated rings. The molecular formula is C25H22ClF3N4O3S2. The molecule has 4 aromatic rings. The van der Waals surface area contributed by atoms with Crippen molar-refractivity contribution in [1.82, 2.24) is 14.7 Å². The van der Waals surface area contributed by atoms with Crippen molar-refractivity contribution in [2.24, 2.45) is 0 Å². The Kier molecular flexibility index (Phi) is 6.67. The number of thiophene rings is 1. The van der Waals surface area contributed by atoms with Gasteiger partial charge in [0.25, 0.3) is 0 Å². The summed E-state index contributed by atoms with van der Waals surface area (Å²) < 4.78 is 69.6. The topological polar surface area (TPSA) is 118 Å². The molecule has 1 unspecified atom stereocenters. The first kappa shape index (κ1) is 26.8. The molecule has 0 radical (unpaired) electrons. The summed E-state index contributed by atoms with van der Waals surface area (Å²) in [5, 5.41) is 10.6. The van der Waals surface area contributed by atoms with Crippen LogP contribution in [-0.4, -0.2) is 34.9 Å². The van der Waals surface area contributed by atoms with Crippen molar-refractivity contribution in [3.63, 3.8) is 0 Å². The number of alkyl halides is 3. The standard InChI is InChI=1S/C25H22ClF3N4O3S2/c1-24(34,25(27,28)29)14-9-10-31-18(12-14)16-4-2-3-13-11-19(37-23(13)16)22(33-38(35,36)15-5-6-15)21-17(26)7-8-20(30)32-21/h2-4,7-12,15,22,33-34H,5-6H2,1H3,(H2,30,32)/t22?,24-/m1/s1. The zero-order valence-electron chi connectivity index (χ0n) is 19.8. The molecule has 13 heteroatoms. The highest BCUT2D eigenvalue weighted by molar-refractivity contribution is 7.90. The number of nitrogen functional groups attached to an aromatic ring is 1. The van der Waals surface area contributed by atoms with Gasteiger partial charge in [-0.1, -0.05) is 29.8 Å². The fraction of sp³-hybridized carbons (Fsp3) is 0.280. The Labute approximate surface area is 225 Å². The Morgan fingerprint density at radius 3 is 2.61 bits per heavy atom. The Hall–Kier alpha value is -2.77. The van der Waals surface area contributed by atoms with Crippen molar-refractivity contribution >= 4 is 48.9 Å². The van der Waals surface area contributed by atoms with Gasteiger partial charge in [-0.05, 0) is 61.0 Å². The van der Waals surface area contributed by atoms with E-state index >= 15 is 0 Å². The molecule has 2 atom stereocenters. The third-order valence-electron chi connectivity index (χ3n) is 6.41. The van der Waals surface area contributed by atoms with Crippen LogP contribution in [0.1, 0.15) is 41.9 Å². The fourth-order valence-corrected chi connectivity index (χ4v) is 7.08. The summed E-state index contributed by atoms with van der Waals surface area (Å²) in [5.41, 5.74) is 3.45. The first-order valence-corrected chi connectivity index (χ1v) is 14.2. The summed E-state index contributed by atoms with van der Waals surface area (Å²) in [6, 6.07) is 11.4. The van der Waals surface area contributed by atoms with Crippen LogP contribution < -0.4 is 10.5 Å². The van der Waals surface area contributed by atoms with E-state index in [1.54, 1.807) is 30.3 Å². The molecule has 3 aromatic heterocycles. The van der Waals surface area contributed by atoms with Gasteiger partial charge >= 0.3 is 6.18 Å². The third-order valence-corrected chi connectivity index (χ3v) is 9.89. The normalized spacial score (nSPS) is 16.9. The van der Waals surface area contributed by atoms with Gasteiger partial charge in [-0.15, -0.1) is 11.3 Å². The monoisotopic (exact) mass is 582 g/mol.